The minimum Gasteiger partial charge on any atom is -0.381 e. The highest BCUT2D eigenvalue weighted by Gasteiger charge is 2.38. The van der Waals surface area contributed by atoms with Gasteiger partial charge in [0.25, 0.3) is 0 Å². The highest BCUT2D eigenvalue weighted by molar-refractivity contribution is 7.08. The SMILES string of the molecule is c1cc(NC2CCOC3(CCOCC3)C2)cs1. The van der Waals surface area contributed by atoms with Gasteiger partial charge in [0.1, 0.15) is 0 Å². The monoisotopic (exact) mass is 253 g/mol. The Balaban J connectivity index is 1.62. The summed E-state index contributed by atoms with van der Waals surface area (Å²) >= 11 is 1.74. The lowest BCUT2D eigenvalue weighted by Gasteiger charge is -2.43. The first-order valence-corrected chi connectivity index (χ1v) is 7.31. The van der Waals surface area contributed by atoms with Crippen LogP contribution < -0.4 is 5.32 Å². The van der Waals surface area contributed by atoms with E-state index in [-0.39, 0.29) is 5.60 Å². The lowest BCUT2D eigenvalue weighted by molar-refractivity contribution is -0.135. The molecule has 0 bridgehead atoms. The normalized spacial score (nSPS) is 28.1. The molecule has 0 amide bonds. The smallest absolute Gasteiger partial charge is 0.0745 e. The van der Waals surface area contributed by atoms with E-state index in [2.05, 4.69) is 22.1 Å². The quantitative estimate of drug-likeness (QED) is 0.879. The van der Waals surface area contributed by atoms with Crippen molar-refractivity contribution in [2.75, 3.05) is 25.1 Å². The summed E-state index contributed by atoms with van der Waals surface area (Å²) in [6, 6.07) is 2.70. The zero-order chi connectivity index (χ0) is 11.6. The standard InChI is InChI=1S/C13H19NO2S/c1-5-16-13(3-6-15-7-4-13)9-11(1)14-12-2-8-17-10-12/h2,8,10-11,14H,1,3-7,9H2. The second-order valence-electron chi connectivity index (χ2n) is 4.99. The van der Waals surface area contributed by atoms with Crippen LogP contribution in [0.3, 0.4) is 0 Å². The van der Waals surface area contributed by atoms with Gasteiger partial charge in [0.05, 0.1) is 5.60 Å². The molecule has 4 heteroatoms. The van der Waals surface area contributed by atoms with E-state index in [0.29, 0.717) is 6.04 Å². The van der Waals surface area contributed by atoms with Gasteiger partial charge in [0.2, 0.25) is 0 Å². The molecule has 0 saturated carbocycles. The van der Waals surface area contributed by atoms with Crippen molar-refractivity contribution >= 4 is 17.0 Å². The van der Waals surface area contributed by atoms with E-state index < -0.39 is 0 Å². The predicted molar refractivity (Wildman–Crippen MR) is 69.7 cm³/mol. The molecule has 3 heterocycles. The highest BCUT2D eigenvalue weighted by Crippen LogP contribution is 2.35. The number of thiophene rings is 1. The summed E-state index contributed by atoms with van der Waals surface area (Å²) in [6.45, 7) is 2.58. The van der Waals surface area contributed by atoms with Crippen molar-refractivity contribution in [1.82, 2.24) is 0 Å². The van der Waals surface area contributed by atoms with Gasteiger partial charge >= 0.3 is 0 Å². The number of hydrogen-bond acceptors (Lipinski definition) is 4. The van der Waals surface area contributed by atoms with Gasteiger partial charge in [-0.25, -0.2) is 0 Å². The van der Waals surface area contributed by atoms with Crippen molar-refractivity contribution in [2.24, 2.45) is 0 Å². The molecule has 17 heavy (non-hydrogen) atoms. The van der Waals surface area contributed by atoms with Gasteiger partial charge in [-0.3, -0.25) is 0 Å². The Morgan fingerprint density at radius 3 is 2.94 bits per heavy atom. The Bertz CT molecular complexity index is 341. The lowest BCUT2D eigenvalue weighted by atomic mass is 9.84. The maximum absolute atomic E-state index is 6.04. The second-order valence-corrected chi connectivity index (χ2v) is 5.77. The lowest BCUT2D eigenvalue weighted by Crippen LogP contribution is -2.47. The first kappa shape index (κ1) is 11.5. The number of ether oxygens (including phenoxy) is 2. The first-order valence-electron chi connectivity index (χ1n) is 6.37. The van der Waals surface area contributed by atoms with Crippen molar-refractivity contribution in [3.63, 3.8) is 0 Å². The van der Waals surface area contributed by atoms with Gasteiger partial charge < -0.3 is 14.8 Å². The third kappa shape index (κ3) is 2.64. The fourth-order valence-electron chi connectivity index (χ4n) is 2.83. The molecule has 1 aromatic heterocycles. The Morgan fingerprint density at radius 1 is 1.29 bits per heavy atom. The molecule has 3 rings (SSSR count). The van der Waals surface area contributed by atoms with Crippen LogP contribution in [0.2, 0.25) is 0 Å². The third-order valence-corrected chi connectivity index (χ3v) is 4.47. The zero-order valence-electron chi connectivity index (χ0n) is 9.98. The van der Waals surface area contributed by atoms with Gasteiger partial charge in [0, 0.05) is 36.9 Å². The molecule has 0 aromatic carbocycles. The summed E-state index contributed by atoms with van der Waals surface area (Å²) in [5, 5.41) is 7.91. The van der Waals surface area contributed by atoms with E-state index in [1.165, 1.54) is 5.69 Å². The van der Waals surface area contributed by atoms with Crippen molar-refractivity contribution in [2.45, 2.75) is 37.3 Å². The summed E-state index contributed by atoms with van der Waals surface area (Å²) in [5.41, 5.74) is 1.34. The third-order valence-electron chi connectivity index (χ3n) is 3.79. The molecule has 2 aliphatic heterocycles. The van der Waals surface area contributed by atoms with Gasteiger partial charge in [-0.1, -0.05) is 0 Å². The van der Waals surface area contributed by atoms with Gasteiger partial charge in [-0.05, 0) is 37.1 Å². The maximum Gasteiger partial charge on any atom is 0.0745 e. The molecule has 0 aliphatic carbocycles. The molecule has 0 radical (unpaired) electrons. The van der Waals surface area contributed by atoms with Crippen LogP contribution in [-0.4, -0.2) is 31.5 Å². The van der Waals surface area contributed by atoms with Crippen LogP contribution in [0.4, 0.5) is 5.69 Å². The predicted octanol–water partition coefficient (Wildman–Crippen LogP) is 2.89. The van der Waals surface area contributed by atoms with Crippen LogP contribution in [0.25, 0.3) is 0 Å². The summed E-state index contributed by atoms with van der Waals surface area (Å²) in [6.07, 6.45) is 4.33. The van der Waals surface area contributed by atoms with E-state index in [4.69, 9.17) is 9.47 Å². The van der Waals surface area contributed by atoms with Gasteiger partial charge in [-0.2, -0.15) is 11.3 Å². The molecule has 1 unspecified atom stereocenters. The van der Waals surface area contributed by atoms with E-state index in [0.717, 1.165) is 45.5 Å². The minimum absolute atomic E-state index is 0.0875. The fourth-order valence-corrected chi connectivity index (χ4v) is 3.42. The summed E-state index contributed by atoms with van der Waals surface area (Å²) in [7, 11) is 0. The fraction of sp³-hybridized carbons (Fsp3) is 0.692. The minimum atomic E-state index is 0.0875. The molecule has 94 valence electrons. The van der Waals surface area contributed by atoms with E-state index in [1.807, 2.05) is 0 Å². The van der Waals surface area contributed by atoms with Crippen LogP contribution in [0.5, 0.6) is 0 Å². The van der Waals surface area contributed by atoms with Gasteiger partial charge in [-0.15, -0.1) is 0 Å². The number of rotatable bonds is 2. The molecular weight excluding hydrogens is 234 g/mol. The zero-order valence-corrected chi connectivity index (χ0v) is 10.8. The van der Waals surface area contributed by atoms with Crippen molar-refractivity contribution in [3.8, 4) is 0 Å². The maximum atomic E-state index is 6.04. The summed E-state index contributed by atoms with van der Waals surface area (Å²) < 4.78 is 11.5. The number of anilines is 1. The molecule has 2 aliphatic rings. The second kappa shape index (κ2) is 4.96. The average Bonchev–Trinajstić information content (AvgIpc) is 2.83. The average molecular weight is 253 g/mol. The van der Waals surface area contributed by atoms with Crippen LogP contribution >= 0.6 is 11.3 Å². The molecule has 2 fully saturated rings. The Morgan fingerprint density at radius 2 is 2.18 bits per heavy atom. The summed E-state index contributed by atoms with van der Waals surface area (Å²) in [5.74, 6) is 0. The van der Waals surface area contributed by atoms with E-state index >= 15 is 0 Å². The Hall–Kier alpha value is -0.580. The first-order chi connectivity index (χ1) is 8.36. The molecule has 1 atom stereocenters. The van der Waals surface area contributed by atoms with Gasteiger partial charge in [0.15, 0.2) is 0 Å². The van der Waals surface area contributed by atoms with E-state index in [1.54, 1.807) is 11.3 Å². The van der Waals surface area contributed by atoms with Crippen molar-refractivity contribution in [3.05, 3.63) is 16.8 Å². The van der Waals surface area contributed by atoms with E-state index in [9.17, 15) is 0 Å². The highest BCUT2D eigenvalue weighted by atomic mass is 32.1. The molecule has 1 N–H and O–H groups in total. The van der Waals surface area contributed by atoms with Crippen LogP contribution in [0, 0.1) is 0 Å². The van der Waals surface area contributed by atoms with Crippen molar-refractivity contribution in [1.29, 1.82) is 0 Å². The molecule has 1 aromatic rings. The Kier molecular flexibility index (Phi) is 3.36. The van der Waals surface area contributed by atoms with Crippen molar-refractivity contribution < 1.29 is 9.47 Å². The summed E-state index contributed by atoms with van der Waals surface area (Å²) in [4.78, 5) is 0. The van der Waals surface area contributed by atoms with Crippen LogP contribution in [0.15, 0.2) is 16.8 Å². The topological polar surface area (TPSA) is 30.5 Å². The number of nitrogens with one attached hydrogen (secondary N) is 1. The molecule has 3 nitrogen and oxygen atoms in total. The largest absolute Gasteiger partial charge is 0.381 e. The number of hydrogen-bond donors (Lipinski definition) is 1. The molecule has 2 saturated heterocycles. The molecular formula is C13H19NO2S. The van der Waals surface area contributed by atoms with Crippen LogP contribution in [-0.2, 0) is 9.47 Å². The van der Waals surface area contributed by atoms with Crippen LogP contribution in [0.1, 0.15) is 25.7 Å². The Labute approximate surface area is 106 Å². The molecule has 1 spiro atoms.